The van der Waals surface area contributed by atoms with Gasteiger partial charge in [-0.1, -0.05) is 30.3 Å². The third-order valence-corrected chi connectivity index (χ3v) is 3.66. The van der Waals surface area contributed by atoms with E-state index in [1.807, 2.05) is 6.07 Å². The molecule has 0 heterocycles. The second kappa shape index (κ2) is 7.24. The second-order valence-electron chi connectivity index (χ2n) is 5.75. The highest BCUT2D eigenvalue weighted by atomic mass is 19.1. The Kier molecular flexibility index (Phi) is 5.34. The number of nitrogens with zero attached hydrogens (tertiary/aromatic N) is 2. The van der Waals surface area contributed by atoms with E-state index in [0.29, 0.717) is 12.1 Å². The first kappa shape index (κ1) is 17.0. The minimum absolute atomic E-state index is 0.154. The van der Waals surface area contributed by atoms with Crippen LogP contribution in [0, 0.1) is 5.82 Å². The maximum atomic E-state index is 14.1. The van der Waals surface area contributed by atoms with Gasteiger partial charge in [0.1, 0.15) is 17.6 Å². The average Bonchev–Trinajstić information content (AvgIpc) is 2.49. The summed E-state index contributed by atoms with van der Waals surface area (Å²) in [5.74, 6) is -0.449. The Morgan fingerprint density at radius 3 is 2.43 bits per heavy atom. The molecule has 2 aromatic carbocycles. The number of amides is 1. The second-order valence-corrected chi connectivity index (χ2v) is 5.75. The van der Waals surface area contributed by atoms with E-state index in [-0.39, 0.29) is 11.7 Å². The van der Waals surface area contributed by atoms with Gasteiger partial charge in [0.25, 0.3) is 0 Å². The molecule has 1 N–H and O–H groups in total. The van der Waals surface area contributed by atoms with Crippen molar-refractivity contribution in [2.45, 2.75) is 12.6 Å². The Hall–Kier alpha value is -2.40. The largest absolute Gasteiger partial charge is 0.508 e. The zero-order valence-corrected chi connectivity index (χ0v) is 13.5. The van der Waals surface area contributed by atoms with Crippen LogP contribution in [0.25, 0.3) is 0 Å². The van der Waals surface area contributed by atoms with Crippen molar-refractivity contribution in [3.63, 3.8) is 0 Å². The number of aromatic hydroxyl groups is 1. The molecule has 0 aliphatic rings. The van der Waals surface area contributed by atoms with Gasteiger partial charge in [-0.25, -0.2) is 4.39 Å². The quantitative estimate of drug-likeness (QED) is 0.922. The van der Waals surface area contributed by atoms with E-state index in [0.717, 1.165) is 5.56 Å². The number of likely N-dealkylation sites (N-methyl/N-ethyl adjacent to an activating group) is 2. The third-order valence-electron chi connectivity index (χ3n) is 3.66. The zero-order chi connectivity index (χ0) is 17.0. The molecule has 0 saturated carbocycles. The lowest BCUT2D eigenvalue weighted by Gasteiger charge is -2.29. The van der Waals surface area contributed by atoms with Crippen LogP contribution < -0.4 is 0 Å². The van der Waals surface area contributed by atoms with Crippen molar-refractivity contribution in [3.05, 3.63) is 65.5 Å². The summed E-state index contributed by atoms with van der Waals surface area (Å²) in [7, 11) is 5.16. The molecule has 0 radical (unpaired) electrons. The van der Waals surface area contributed by atoms with Crippen molar-refractivity contribution in [1.82, 2.24) is 9.80 Å². The zero-order valence-electron chi connectivity index (χ0n) is 13.5. The molecule has 122 valence electrons. The SMILES string of the molecule is CN(Cc1cccc(O)c1)C(=O)C(c1ccccc1F)N(C)C. The maximum Gasteiger partial charge on any atom is 0.244 e. The van der Waals surface area contributed by atoms with Crippen molar-refractivity contribution >= 4 is 5.91 Å². The number of carbonyl (C=O) groups excluding carboxylic acids is 1. The Bertz CT molecular complexity index is 688. The van der Waals surface area contributed by atoms with Gasteiger partial charge in [0.05, 0.1) is 0 Å². The van der Waals surface area contributed by atoms with E-state index in [4.69, 9.17) is 0 Å². The highest BCUT2D eigenvalue weighted by Gasteiger charge is 2.28. The van der Waals surface area contributed by atoms with Crippen LogP contribution in [-0.2, 0) is 11.3 Å². The molecule has 0 fully saturated rings. The molecule has 2 rings (SSSR count). The number of rotatable bonds is 5. The monoisotopic (exact) mass is 316 g/mol. The molecular formula is C18H21FN2O2. The highest BCUT2D eigenvalue weighted by Crippen LogP contribution is 2.24. The minimum Gasteiger partial charge on any atom is -0.508 e. The number of phenols is 1. The molecule has 0 spiro atoms. The number of hydrogen-bond acceptors (Lipinski definition) is 3. The lowest BCUT2D eigenvalue weighted by molar-refractivity contribution is -0.135. The van der Waals surface area contributed by atoms with Crippen LogP contribution in [0.5, 0.6) is 5.75 Å². The van der Waals surface area contributed by atoms with Gasteiger partial charge in [0, 0.05) is 19.2 Å². The Balaban J connectivity index is 2.22. The molecule has 0 aliphatic heterocycles. The molecule has 1 unspecified atom stereocenters. The lowest BCUT2D eigenvalue weighted by Crippen LogP contribution is -2.38. The first-order valence-corrected chi connectivity index (χ1v) is 7.34. The highest BCUT2D eigenvalue weighted by molar-refractivity contribution is 5.83. The van der Waals surface area contributed by atoms with Crippen molar-refractivity contribution in [3.8, 4) is 5.75 Å². The molecule has 1 amide bonds. The van der Waals surface area contributed by atoms with Gasteiger partial charge in [-0.3, -0.25) is 9.69 Å². The minimum atomic E-state index is -0.696. The Labute approximate surface area is 135 Å². The molecule has 0 bridgehead atoms. The molecule has 23 heavy (non-hydrogen) atoms. The number of hydrogen-bond donors (Lipinski definition) is 1. The third kappa shape index (κ3) is 4.07. The van der Waals surface area contributed by atoms with Crippen LogP contribution in [0.2, 0.25) is 0 Å². The van der Waals surface area contributed by atoms with Gasteiger partial charge >= 0.3 is 0 Å². The summed E-state index contributed by atoms with van der Waals surface area (Å²) in [5.41, 5.74) is 1.16. The van der Waals surface area contributed by atoms with Crippen molar-refractivity contribution in [2.75, 3.05) is 21.1 Å². The molecule has 5 heteroatoms. The van der Waals surface area contributed by atoms with Crippen LogP contribution in [0.3, 0.4) is 0 Å². The molecule has 1 atom stereocenters. The normalized spacial score (nSPS) is 12.2. The topological polar surface area (TPSA) is 43.8 Å². The first-order chi connectivity index (χ1) is 10.9. The van der Waals surface area contributed by atoms with Crippen LogP contribution in [-0.4, -0.2) is 42.0 Å². The van der Waals surface area contributed by atoms with E-state index in [2.05, 4.69) is 0 Å². The van der Waals surface area contributed by atoms with E-state index < -0.39 is 11.9 Å². The first-order valence-electron chi connectivity index (χ1n) is 7.34. The van der Waals surface area contributed by atoms with Crippen LogP contribution in [0.4, 0.5) is 4.39 Å². The smallest absolute Gasteiger partial charge is 0.244 e. The van der Waals surface area contributed by atoms with Gasteiger partial charge in [-0.05, 0) is 37.9 Å². The fourth-order valence-corrected chi connectivity index (χ4v) is 2.54. The summed E-state index contributed by atoms with van der Waals surface area (Å²) in [6.07, 6.45) is 0. The van der Waals surface area contributed by atoms with Crippen LogP contribution in [0.15, 0.2) is 48.5 Å². The fraction of sp³-hybridized carbons (Fsp3) is 0.278. The van der Waals surface area contributed by atoms with E-state index in [1.54, 1.807) is 62.4 Å². The van der Waals surface area contributed by atoms with E-state index in [1.165, 1.54) is 11.0 Å². The molecule has 0 aliphatic carbocycles. The standard InChI is InChI=1S/C18H21FN2O2/c1-20(2)17(15-9-4-5-10-16(15)19)18(23)21(3)12-13-7-6-8-14(22)11-13/h4-11,17,22H,12H2,1-3H3. The summed E-state index contributed by atoms with van der Waals surface area (Å²) < 4.78 is 14.1. The van der Waals surface area contributed by atoms with Gasteiger partial charge in [0.15, 0.2) is 0 Å². The summed E-state index contributed by atoms with van der Waals surface area (Å²) >= 11 is 0. The van der Waals surface area contributed by atoms with Crippen molar-refractivity contribution < 1.29 is 14.3 Å². The average molecular weight is 316 g/mol. The summed E-state index contributed by atoms with van der Waals surface area (Å²) in [5, 5.41) is 9.52. The number of halogens is 1. The number of phenolic OH excluding ortho intramolecular Hbond substituents is 1. The molecule has 0 aromatic heterocycles. The lowest BCUT2D eigenvalue weighted by atomic mass is 10.0. The van der Waals surface area contributed by atoms with Gasteiger partial charge in [-0.15, -0.1) is 0 Å². The van der Waals surface area contributed by atoms with Crippen molar-refractivity contribution in [2.24, 2.45) is 0 Å². The van der Waals surface area contributed by atoms with E-state index in [9.17, 15) is 14.3 Å². The predicted molar refractivity (Wildman–Crippen MR) is 87.4 cm³/mol. The van der Waals surface area contributed by atoms with Gasteiger partial charge in [-0.2, -0.15) is 0 Å². The summed E-state index contributed by atoms with van der Waals surface area (Å²) in [6, 6.07) is 12.3. The summed E-state index contributed by atoms with van der Waals surface area (Å²) in [4.78, 5) is 16.0. The van der Waals surface area contributed by atoms with Crippen LogP contribution in [0.1, 0.15) is 17.2 Å². The molecular weight excluding hydrogens is 295 g/mol. The van der Waals surface area contributed by atoms with Gasteiger partial charge < -0.3 is 10.0 Å². The molecule has 4 nitrogen and oxygen atoms in total. The van der Waals surface area contributed by atoms with Gasteiger partial charge in [0.2, 0.25) is 5.91 Å². The number of carbonyl (C=O) groups is 1. The molecule has 0 saturated heterocycles. The predicted octanol–water partition coefficient (Wildman–Crippen LogP) is 2.79. The Morgan fingerprint density at radius 2 is 1.83 bits per heavy atom. The van der Waals surface area contributed by atoms with Crippen LogP contribution >= 0.6 is 0 Å². The molecule has 2 aromatic rings. The van der Waals surface area contributed by atoms with E-state index >= 15 is 0 Å². The van der Waals surface area contributed by atoms with Crippen molar-refractivity contribution in [1.29, 1.82) is 0 Å². The summed E-state index contributed by atoms with van der Waals surface area (Å²) in [6.45, 7) is 0.339. The Morgan fingerprint density at radius 1 is 1.13 bits per heavy atom. The number of benzene rings is 2. The maximum absolute atomic E-state index is 14.1. The fourth-order valence-electron chi connectivity index (χ4n) is 2.54.